The SMILES string of the molecule is COc1ccc(C2COc3c(C)c(Cn4cnc5cc(C6CC6)cnc54)cc(F)c3O2)cn1.O=C(O)C(F)(F)F. The molecule has 1 fully saturated rings. The van der Waals surface area contributed by atoms with Crippen molar-refractivity contribution in [2.75, 3.05) is 13.7 Å². The van der Waals surface area contributed by atoms with Gasteiger partial charge in [-0.3, -0.25) is 0 Å². The van der Waals surface area contributed by atoms with Crippen molar-refractivity contribution < 1.29 is 41.7 Å². The summed E-state index contributed by atoms with van der Waals surface area (Å²) in [4.78, 5) is 22.2. The number of carboxylic acids is 1. The van der Waals surface area contributed by atoms with Crippen molar-refractivity contribution in [3.63, 3.8) is 0 Å². The molecule has 1 aromatic carbocycles. The van der Waals surface area contributed by atoms with Crippen LogP contribution in [0.15, 0.2) is 43.0 Å². The van der Waals surface area contributed by atoms with E-state index in [2.05, 4.69) is 21.0 Å². The van der Waals surface area contributed by atoms with Gasteiger partial charge in [-0.15, -0.1) is 0 Å². The number of rotatable bonds is 5. The second kappa shape index (κ2) is 10.6. The fourth-order valence-corrected chi connectivity index (χ4v) is 4.31. The molecule has 0 bridgehead atoms. The van der Waals surface area contributed by atoms with Gasteiger partial charge in [0.2, 0.25) is 5.88 Å². The number of halogens is 4. The Bertz CT molecular complexity index is 1550. The number of hydrogen-bond acceptors (Lipinski definition) is 7. The maximum Gasteiger partial charge on any atom is 0.490 e. The number of aliphatic carboxylic acids is 1. The molecule has 1 saturated carbocycles. The summed E-state index contributed by atoms with van der Waals surface area (Å²) in [7, 11) is 1.56. The number of alkyl halides is 3. The zero-order chi connectivity index (χ0) is 28.6. The molecular formula is C27H24F4N4O5. The van der Waals surface area contributed by atoms with E-state index in [-0.39, 0.29) is 12.4 Å². The Balaban J connectivity index is 0.000000411. The topological polar surface area (TPSA) is 109 Å². The standard InChI is InChI=1S/C25H23FN4O3.C2HF3O2/c1-14-18(11-30-13-29-20-8-17(15-3-4-15)10-28-25(20)30)7-19(26)24-23(14)32-12-21(33-24)16-5-6-22(31-2)27-9-16;3-2(4,5)1(6)7/h5-10,13,15,21H,3-4,11-12H2,1-2H3;(H,6,7). The molecule has 210 valence electrons. The summed E-state index contributed by atoms with van der Waals surface area (Å²) in [5.74, 6) is -1.51. The second-order valence-corrected chi connectivity index (χ2v) is 9.41. The van der Waals surface area contributed by atoms with Crippen LogP contribution in [-0.4, -0.2) is 50.5 Å². The minimum atomic E-state index is -5.08. The Kier molecular flexibility index (Phi) is 7.21. The van der Waals surface area contributed by atoms with Gasteiger partial charge in [0, 0.05) is 29.6 Å². The molecule has 1 aliphatic heterocycles. The van der Waals surface area contributed by atoms with Gasteiger partial charge in [-0.1, -0.05) is 0 Å². The fourth-order valence-electron chi connectivity index (χ4n) is 4.31. The molecule has 2 aliphatic rings. The highest BCUT2D eigenvalue weighted by Crippen LogP contribution is 2.43. The van der Waals surface area contributed by atoms with Gasteiger partial charge in [0.1, 0.15) is 12.1 Å². The van der Waals surface area contributed by atoms with Gasteiger partial charge in [0.25, 0.3) is 0 Å². The van der Waals surface area contributed by atoms with Gasteiger partial charge in [-0.05, 0) is 55.0 Å². The first-order valence-electron chi connectivity index (χ1n) is 12.3. The fraction of sp³-hybridized carbons (Fsp3) is 0.333. The zero-order valence-electron chi connectivity index (χ0n) is 21.4. The highest BCUT2D eigenvalue weighted by Gasteiger charge is 2.38. The second-order valence-electron chi connectivity index (χ2n) is 9.41. The molecule has 9 nitrogen and oxygen atoms in total. The van der Waals surface area contributed by atoms with Crippen molar-refractivity contribution in [1.29, 1.82) is 0 Å². The molecule has 1 aliphatic carbocycles. The first-order chi connectivity index (χ1) is 19.0. The Hall–Kier alpha value is -4.42. The van der Waals surface area contributed by atoms with Crippen LogP contribution in [0, 0.1) is 12.7 Å². The normalized spacial score (nSPS) is 16.3. The predicted molar refractivity (Wildman–Crippen MR) is 133 cm³/mol. The van der Waals surface area contributed by atoms with Crippen molar-refractivity contribution in [2.45, 2.75) is 44.5 Å². The first-order valence-corrected chi connectivity index (χ1v) is 12.3. The Morgan fingerprint density at radius 3 is 2.48 bits per heavy atom. The summed E-state index contributed by atoms with van der Waals surface area (Å²) in [5.41, 5.74) is 5.34. The summed E-state index contributed by atoms with van der Waals surface area (Å²) < 4.78 is 65.9. The number of nitrogens with zero attached hydrogens (tertiary/aromatic N) is 4. The van der Waals surface area contributed by atoms with Gasteiger partial charge in [0.15, 0.2) is 29.1 Å². The molecular weight excluding hydrogens is 536 g/mol. The summed E-state index contributed by atoms with van der Waals surface area (Å²) in [6.45, 7) is 2.63. The molecule has 4 aromatic rings. The molecule has 6 rings (SSSR count). The maximum absolute atomic E-state index is 15.1. The third-order valence-electron chi connectivity index (χ3n) is 6.63. The predicted octanol–water partition coefficient (Wildman–Crippen LogP) is 5.35. The van der Waals surface area contributed by atoms with E-state index in [0.717, 1.165) is 27.9 Å². The van der Waals surface area contributed by atoms with Crippen molar-refractivity contribution >= 4 is 17.1 Å². The number of carboxylic acid groups (broad SMARTS) is 1. The third-order valence-corrected chi connectivity index (χ3v) is 6.63. The van der Waals surface area contributed by atoms with E-state index in [0.29, 0.717) is 24.1 Å². The van der Waals surface area contributed by atoms with Crippen LogP contribution in [0.3, 0.4) is 0 Å². The summed E-state index contributed by atoms with van der Waals surface area (Å²) in [6.07, 6.45) is 2.26. The van der Waals surface area contributed by atoms with Crippen molar-refractivity contribution in [1.82, 2.24) is 19.5 Å². The lowest BCUT2D eigenvalue weighted by atomic mass is 10.0. The van der Waals surface area contributed by atoms with Crippen LogP contribution in [0.4, 0.5) is 17.6 Å². The van der Waals surface area contributed by atoms with E-state index in [1.165, 1.54) is 24.5 Å². The van der Waals surface area contributed by atoms with E-state index >= 15 is 4.39 Å². The lowest BCUT2D eigenvalue weighted by molar-refractivity contribution is -0.192. The largest absolute Gasteiger partial charge is 0.490 e. The summed E-state index contributed by atoms with van der Waals surface area (Å²) in [5, 5.41) is 7.12. The van der Waals surface area contributed by atoms with Crippen LogP contribution in [-0.2, 0) is 11.3 Å². The van der Waals surface area contributed by atoms with Crippen LogP contribution in [0.1, 0.15) is 47.1 Å². The summed E-state index contributed by atoms with van der Waals surface area (Å²) in [6, 6.07) is 7.21. The molecule has 0 amide bonds. The number of imidazole rings is 1. The smallest absolute Gasteiger partial charge is 0.485 e. The van der Waals surface area contributed by atoms with Crippen molar-refractivity contribution in [3.8, 4) is 17.4 Å². The number of ether oxygens (including phenoxy) is 3. The third kappa shape index (κ3) is 5.63. The molecule has 4 heterocycles. The average Bonchev–Trinajstić information content (AvgIpc) is 3.72. The molecule has 1 unspecified atom stereocenters. The molecule has 0 saturated heterocycles. The number of carbonyl (C=O) groups is 1. The van der Waals surface area contributed by atoms with Crippen LogP contribution in [0.2, 0.25) is 0 Å². The van der Waals surface area contributed by atoms with Crippen LogP contribution in [0.5, 0.6) is 17.4 Å². The molecule has 0 spiro atoms. The highest BCUT2D eigenvalue weighted by molar-refractivity contribution is 5.73. The van der Waals surface area contributed by atoms with Gasteiger partial charge in [-0.2, -0.15) is 13.2 Å². The Morgan fingerprint density at radius 1 is 1.12 bits per heavy atom. The van der Waals surface area contributed by atoms with Crippen LogP contribution < -0.4 is 14.2 Å². The Morgan fingerprint density at radius 2 is 1.85 bits per heavy atom. The quantitative estimate of drug-likeness (QED) is 0.326. The minimum Gasteiger partial charge on any atom is -0.485 e. The Labute approximate surface area is 225 Å². The van der Waals surface area contributed by atoms with Crippen LogP contribution >= 0.6 is 0 Å². The van der Waals surface area contributed by atoms with Crippen LogP contribution in [0.25, 0.3) is 11.2 Å². The highest BCUT2D eigenvalue weighted by atomic mass is 19.4. The number of benzene rings is 1. The number of aromatic nitrogens is 4. The van der Waals surface area contributed by atoms with Crippen molar-refractivity contribution in [2.24, 2.45) is 0 Å². The summed E-state index contributed by atoms with van der Waals surface area (Å²) >= 11 is 0. The first kappa shape index (κ1) is 27.2. The van der Waals surface area contributed by atoms with E-state index in [4.69, 9.17) is 24.1 Å². The maximum atomic E-state index is 15.1. The van der Waals surface area contributed by atoms with E-state index < -0.39 is 24.1 Å². The minimum absolute atomic E-state index is 0.131. The lowest BCUT2D eigenvalue weighted by Crippen LogP contribution is -2.23. The van der Waals surface area contributed by atoms with Gasteiger partial charge >= 0.3 is 12.1 Å². The molecule has 3 aromatic heterocycles. The van der Waals surface area contributed by atoms with Crippen molar-refractivity contribution in [3.05, 3.63) is 71.1 Å². The monoisotopic (exact) mass is 560 g/mol. The lowest BCUT2D eigenvalue weighted by Gasteiger charge is -2.29. The molecule has 1 atom stereocenters. The number of methoxy groups -OCH3 is 1. The van der Waals surface area contributed by atoms with Gasteiger partial charge < -0.3 is 23.9 Å². The molecule has 1 N–H and O–H groups in total. The van der Waals surface area contributed by atoms with E-state index in [1.807, 2.05) is 23.8 Å². The molecule has 40 heavy (non-hydrogen) atoms. The average molecular weight is 561 g/mol. The van der Waals surface area contributed by atoms with Gasteiger partial charge in [0.05, 0.1) is 20.0 Å². The molecule has 13 heteroatoms. The van der Waals surface area contributed by atoms with E-state index in [1.54, 1.807) is 25.7 Å². The number of hydrogen-bond donors (Lipinski definition) is 1. The number of pyridine rings is 2. The zero-order valence-corrected chi connectivity index (χ0v) is 21.4. The van der Waals surface area contributed by atoms with E-state index in [9.17, 15) is 13.2 Å². The number of fused-ring (bicyclic) bond motifs is 2. The molecule has 0 radical (unpaired) electrons. The van der Waals surface area contributed by atoms with Gasteiger partial charge in [-0.25, -0.2) is 24.1 Å².